The maximum Gasteiger partial charge on any atom is 0.328 e. The molecule has 0 radical (unpaired) electrons. The lowest BCUT2D eigenvalue weighted by Crippen LogP contribution is -2.55. The van der Waals surface area contributed by atoms with Crippen LogP contribution >= 0.6 is 0 Å². The van der Waals surface area contributed by atoms with Crippen molar-refractivity contribution in [2.45, 2.75) is 51.5 Å². The third kappa shape index (κ3) is 4.10. The predicted molar refractivity (Wildman–Crippen MR) is 87.1 cm³/mol. The Morgan fingerprint density at radius 1 is 1.43 bits per heavy atom. The Morgan fingerprint density at radius 3 is 2.62 bits per heavy atom. The molecule has 3 unspecified atom stereocenters. The molecule has 0 spiro atoms. The van der Waals surface area contributed by atoms with Crippen molar-refractivity contribution < 1.29 is 9.90 Å². The Kier molecular flexibility index (Phi) is 6.96. The predicted octanol–water partition coefficient (Wildman–Crippen LogP) is 2.93. The molecule has 0 saturated heterocycles. The third-order valence-corrected chi connectivity index (χ3v) is 4.68. The van der Waals surface area contributed by atoms with Crippen molar-refractivity contribution in [1.29, 1.82) is 0 Å². The molecule has 4 heteroatoms. The van der Waals surface area contributed by atoms with Gasteiger partial charge in [-0.15, -0.1) is 0 Å². The summed E-state index contributed by atoms with van der Waals surface area (Å²) < 4.78 is 0. The van der Waals surface area contributed by atoms with Crippen molar-refractivity contribution in [3.63, 3.8) is 0 Å². The molecule has 4 nitrogen and oxygen atoms in total. The van der Waals surface area contributed by atoms with Crippen LogP contribution in [-0.2, 0) is 4.79 Å². The van der Waals surface area contributed by atoms with Gasteiger partial charge in [-0.1, -0.05) is 51.7 Å². The molecule has 3 N–H and O–H groups in total. The Morgan fingerprint density at radius 2 is 2.14 bits per heavy atom. The van der Waals surface area contributed by atoms with E-state index in [4.69, 9.17) is 0 Å². The summed E-state index contributed by atoms with van der Waals surface area (Å²) in [5, 5.41) is 15.9. The van der Waals surface area contributed by atoms with Gasteiger partial charge in [0, 0.05) is 18.7 Å². The average Bonchev–Trinajstić information content (AvgIpc) is 2.50. The third-order valence-electron chi connectivity index (χ3n) is 4.68. The number of carboxylic acids is 1. The summed E-state index contributed by atoms with van der Waals surface area (Å²) in [6, 6.07) is 0. The second kappa shape index (κ2) is 8.23. The van der Waals surface area contributed by atoms with E-state index in [0.29, 0.717) is 5.92 Å². The highest BCUT2D eigenvalue weighted by atomic mass is 16.4. The largest absolute Gasteiger partial charge is 0.480 e. The van der Waals surface area contributed by atoms with Gasteiger partial charge in [0.15, 0.2) is 0 Å². The summed E-state index contributed by atoms with van der Waals surface area (Å²) in [7, 11) is 3.60. The van der Waals surface area contributed by atoms with Crippen LogP contribution in [-0.4, -0.2) is 30.7 Å². The Balaban J connectivity index is 2.97. The minimum absolute atomic E-state index is 0.0331. The molecular formula is C17H30N2O2. The van der Waals surface area contributed by atoms with E-state index in [1.807, 2.05) is 13.1 Å². The van der Waals surface area contributed by atoms with Gasteiger partial charge in [-0.05, 0) is 25.5 Å². The highest BCUT2D eigenvalue weighted by Gasteiger charge is 2.43. The second-order valence-corrected chi connectivity index (χ2v) is 5.89. The molecule has 120 valence electrons. The number of hydrogen-bond donors (Lipinski definition) is 3. The van der Waals surface area contributed by atoms with Gasteiger partial charge in [-0.2, -0.15) is 0 Å². The van der Waals surface area contributed by atoms with E-state index in [-0.39, 0.29) is 5.92 Å². The van der Waals surface area contributed by atoms with Gasteiger partial charge in [0.1, 0.15) is 5.54 Å². The van der Waals surface area contributed by atoms with Crippen LogP contribution in [0, 0.1) is 11.8 Å². The fraction of sp³-hybridized carbons (Fsp3) is 0.706. The topological polar surface area (TPSA) is 61.4 Å². The molecule has 1 aliphatic rings. The fourth-order valence-electron chi connectivity index (χ4n) is 3.12. The van der Waals surface area contributed by atoms with E-state index in [2.05, 4.69) is 30.6 Å². The molecule has 0 fully saturated rings. The van der Waals surface area contributed by atoms with Gasteiger partial charge < -0.3 is 15.7 Å². The van der Waals surface area contributed by atoms with Gasteiger partial charge >= 0.3 is 5.97 Å². The van der Waals surface area contributed by atoms with Crippen LogP contribution in [0.3, 0.4) is 0 Å². The maximum absolute atomic E-state index is 11.8. The van der Waals surface area contributed by atoms with E-state index in [0.717, 1.165) is 18.5 Å². The van der Waals surface area contributed by atoms with Gasteiger partial charge in [-0.25, -0.2) is 4.79 Å². The first-order valence-corrected chi connectivity index (χ1v) is 8.05. The number of aliphatic carboxylic acids is 1. The standard InChI is InChI=1S/C17H30N2O2/c1-5-7-8-13(6-2)11-14-12-15(18-3)9-10-17(14,19-4)16(20)21/h9-10,12-14,18-19H,5-8,11H2,1-4H3,(H,20,21). The summed E-state index contributed by atoms with van der Waals surface area (Å²) in [6.07, 6.45) is 11.3. The first-order chi connectivity index (χ1) is 10.0. The lowest BCUT2D eigenvalue weighted by Gasteiger charge is -2.37. The molecule has 0 aromatic rings. The lowest BCUT2D eigenvalue weighted by molar-refractivity contribution is -0.144. The SMILES string of the molecule is CCCCC(CC)CC1C=C(NC)C=CC1(NC)C(=O)O. The van der Waals surface area contributed by atoms with E-state index < -0.39 is 11.5 Å². The smallest absolute Gasteiger partial charge is 0.328 e. The van der Waals surface area contributed by atoms with Gasteiger partial charge in [0.2, 0.25) is 0 Å². The van der Waals surface area contributed by atoms with Crippen molar-refractivity contribution in [3.8, 4) is 0 Å². The normalized spacial score (nSPS) is 26.3. The van der Waals surface area contributed by atoms with Crippen LogP contribution < -0.4 is 10.6 Å². The van der Waals surface area contributed by atoms with Crippen molar-refractivity contribution in [2.24, 2.45) is 11.8 Å². The van der Waals surface area contributed by atoms with Crippen molar-refractivity contribution >= 4 is 5.97 Å². The van der Waals surface area contributed by atoms with Gasteiger partial charge in [0.25, 0.3) is 0 Å². The van der Waals surface area contributed by atoms with Crippen LogP contribution in [0.5, 0.6) is 0 Å². The molecule has 0 heterocycles. The Labute approximate surface area is 128 Å². The zero-order valence-corrected chi connectivity index (χ0v) is 13.8. The Hall–Kier alpha value is -1.29. The van der Waals surface area contributed by atoms with Gasteiger partial charge in [-0.3, -0.25) is 0 Å². The summed E-state index contributed by atoms with van der Waals surface area (Å²) in [6.45, 7) is 4.40. The van der Waals surface area contributed by atoms with Gasteiger partial charge in [0.05, 0.1) is 0 Å². The first-order valence-electron chi connectivity index (χ1n) is 8.05. The number of hydrogen-bond acceptors (Lipinski definition) is 3. The minimum atomic E-state index is -0.986. The number of carboxylic acid groups (broad SMARTS) is 1. The van der Waals surface area contributed by atoms with Crippen molar-refractivity contribution in [3.05, 3.63) is 23.9 Å². The zero-order valence-electron chi connectivity index (χ0n) is 13.8. The average molecular weight is 294 g/mol. The number of unbranched alkanes of at least 4 members (excludes halogenated alkanes) is 1. The molecule has 21 heavy (non-hydrogen) atoms. The number of rotatable bonds is 9. The van der Waals surface area contributed by atoms with E-state index >= 15 is 0 Å². The number of nitrogens with one attached hydrogen (secondary N) is 2. The molecule has 0 amide bonds. The van der Waals surface area contributed by atoms with Crippen LogP contribution in [0.15, 0.2) is 23.9 Å². The quantitative estimate of drug-likeness (QED) is 0.612. The van der Waals surface area contributed by atoms with Crippen LogP contribution in [0.25, 0.3) is 0 Å². The highest BCUT2D eigenvalue weighted by molar-refractivity contribution is 5.83. The molecule has 1 aliphatic carbocycles. The Bertz CT molecular complexity index is 404. The molecule has 0 saturated carbocycles. The second-order valence-electron chi connectivity index (χ2n) is 5.89. The maximum atomic E-state index is 11.8. The van der Waals surface area contributed by atoms with Crippen LogP contribution in [0.1, 0.15) is 46.0 Å². The summed E-state index contributed by atoms with van der Waals surface area (Å²) in [4.78, 5) is 11.8. The number of allylic oxidation sites excluding steroid dienone is 1. The number of carbonyl (C=O) groups is 1. The van der Waals surface area contributed by atoms with Crippen molar-refractivity contribution in [2.75, 3.05) is 14.1 Å². The highest BCUT2D eigenvalue weighted by Crippen LogP contribution is 2.34. The lowest BCUT2D eigenvalue weighted by atomic mass is 9.74. The first kappa shape index (κ1) is 17.8. The van der Waals surface area contributed by atoms with Crippen molar-refractivity contribution in [1.82, 2.24) is 10.6 Å². The molecule has 3 atom stereocenters. The minimum Gasteiger partial charge on any atom is -0.480 e. The summed E-state index contributed by atoms with van der Waals surface area (Å²) in [5.74, 6) is -0.264. The molecule has 0 aliphatic heterocycles. The molecule has 0 aromatic heterocycles. The van der Waals surface area contributed by atoms with Crippen LogP contribution in [0.4, 0.5) is 0 Å². The van der Waals surface area contributed by atoms with E-state index in [9.17, 15) is 9.90 Å². The molecular weight excluding hydrogens is 264 g/mol. The number of likely N-dealkylation sites (N-methyl/N-ethyl adjacent to an activating group) is 2. The fourth-order valence-corrected chi connectivity index (χ4v) is 3.12. The van der Waals surface area contributed by atoms with E-state index in [1.165, 1.54) is 19.3 Å². The van der Waals surface area contributed by atoms with E-state index in [1.54, 1.807) is 13.1 Å². The zero-order chi connectivity index (χ0) is 15.9. The molecule has 1 rings (SSSR count). The monoisotopic (exact) mass is 294 g/mol. The van der Waals surface area contributed by atoms with Crippen LogP contribution in [0.2, 0.25) is 0 Å². The summed E-state index contributed by atoms with van der Waals surface area (Å²) >= 11 is 0. The summed E-state index contributed by atoms with van der Waals surface area (Å²) in [5.41, 5.74) is 0.0115. The molecule has 0 aromatic carbocycles. The molecule has 0 bridgehead atoms.